The Labute approximate surface area is 183 Å². The van der Waals surface area contributed by atoms with Gasteiger partial charge in [-0.2, -0.15) is 0 Å². The van der Waals surface area contributed by atoms with Gasteiger partial charge in [0.05, 0.1) is 18.8 Å². The zero-order valence-corrected chi connectivity index (χ0v) is 18.6. The highest BCUT2D eigenvalue weighted by Gasteiger charge is 2.34. The molecule has 2 aromatic rings. The number of rotatable bonds is 12. The maximum Gasteiger partial charge on any atom is 0.242 e. The Morgan fingerprint density at radius 1 is 1.13 bits per heavy atom. The SMILES string of the molecule is COCCCN(CC(=O)N(Cc1cccn1C)C1CC1)C(=O)CSc1ccccc1. The first-order valence-electron chi connectivity index (χ1n) is 10.4. The van der Waals surface area contributed by atoms with Crippen molar-refractivity contribution in [3.05, 3.63) is 54.4 Å². The average molecular weight is 430 g/mol. The first-order valence-corrected chi connectivity index (χ1v) is 11.4. The second kappa shape index (κ2) is 11.2. The van der Waals surface area contributed by atoms with Gasteiger partial charge < -0.3 is 19.1 Å². The van der Waals surface area contributed by atoms with Crippen LogP contribution in [0.1, 0.15) is 25.0 Å². The van der Waals surface area contributed by atoms with Gasteiger partial charge in [0, 0.05) is 50.1 Å². The zero-order valence-electron chi connectivity index (χ0n) is 17.8. The van der Waals surface area contributed by atoms with Gasteiger partial charge in [-0.1, -0.05) is 18.2 Å². The van der Waals surface area contributed by atoms with Gasteiger partial charge in [-0.25, -0.2) is 0 Å². The molecule has 1 aliphatic rings. The number of aromatic nitrogens is 1. The van der Waals surface area contributed by atoms with E-state index in [0.29, 0.717) is 37.9 Å². The van der Waals surface area contributed by atoms with Crippen molar-refractivity contribution in [3.8, 4) is 0 Å². The molecule has 1 aromatic carbocycles. The first-order chi connectivity index (χ1) is 14.6. The number of methoxy groups -OCH3 is 1. The Hall–Kier alpha value is -2.25. The lowest BCUT2D eigenvalue weighted by Crippen LogP contribution is -2.44. The van der Waals surface area contributed by atoms with Crippen molar-refractivity contribution in [2.45, 2.75) is 36.7 Å². The molecule has 7 heteroatoms. The van der Waals surface area contributed by atoms with Crippen molar-refractivity contribution in [1.29, 1.82) is 0 Å². The molecule has 0 spiro atoms. The number of nitrogens with zero attached hydrogens (tertiary/aromatic N) is 3. The number of carbonyl (C=O) groups is 2. The number of amides is 2. The summed E-state index contributed by atoms with van der Waals surface area (Å²) in [4.78, 5) is 30.8. The predicted octanol–water partition coefficient (Wildman–Crippen LogP) is 3.17. The molecule has 0 atom stereocenters. The molecule has 162 valence electrons. The van der Waals surface area contributed by atoms with Crippen LogP contribution in [0.3, 0.4) is 0 Å². The summed E-state index contributed by atoms with van der Waals surface area (Å²) in [5.41, 5.74) is 1.10. The number of hydrogen-bond donors (Lipinski definition) is 0. The van der Waals surface area contributed by atoms with E-state index in [-0.39, 0.29) is 18.4 Å². The Morgan fingerprint density at radius 2 is 1.90 bits per heavy atom. The van der Waals surface area contributed by atoms with Gasteiger partial charge in [-0.3, -0.25) is 9.59 Å². The number of aryl methyl sites for hydroxylation is 1. The first kappa shape index (κ1) is 22.4. The predicted molar refractivity (Wildman–Crippen MR) is 119 cm³/mol. The van der Waals surface area contributed by atoms with E-state index in [2.05, 4.69) is 0 Å². The fourth-order valence-electron chi connectivity index (χ4n) is 3.34. The van der Waals surface area contributed by atoms with E-state index in [0.717, 1.165) is 23.4 Å². The number of ether oxygens (including phenoxy) is 1. The van der Waals surface area contributed by atoms with Crippen molar-refractivity contribution >= 4 is 23.6 Å². The van der Waals surface area contributed by atoms with Crippen LogP contribution in [0.15, 0.2) is 53.6 Å². The molecule has 0 aliphatic heterocycles. The minimum Gasteiger partial charge on any atom is -0.385 e. The quantitative estimate of drug-likeness (QED) is 0.384. The van der Waals surface area contributed by atoms with Gasteiger partial charge in [-0.05, 0) is 43.5 Å². The minimum absolute atomic E-state index is 0.0112. The molecule has 0 N–H and O–H groups in total. The van der Waals surface area contributed by atoms with Crippen LogP contribution in [-0.2, 0) is 27.9 Å². The summed E-state index contributed by atoms with van der Waals surface area (Å²) in [6.45, 7) is 1.81. The Balaban J connectivity index is 1.62. The molecule has 1 aliphatic carbocycles. The van der Waals surface area contributed by atoms with Gasteiger partial charge in [0.15, 0.2) is 0 Å². The highest BCUT2D eigenvalue weighted by molar-refractivity contribution is 8.00. The van der Waals surface area contributed by atoms with Crippen LogP contribution in [-0.4, -0.2) is 64.8 Å². The maximum atomic E-state index is 13.2. The maximum absolute atomic E-state index is 13.2. The molecule has 0 radical (unpaired) electrons. The number of benzene rings is 1. The summed E-state index contributed by atoms with van der Waals surface area (Å²) in [5.74, 6) is 0.336. The van der Waals surface area contributed by atoms with Crippen LogP contribution in [0, 0.1) is 0 Å². The molecule has 1 saturated carbocycles. The summed E-state index contributed by atoms with van der Waals surface area (Å²) in [6.07, 6.45) is 4.79. The molecule has 0 bridgehead atoms. The van der Waals surface area contributed by atoms with Crippen LogP contribution >= 0.6 is 11.8 Å². The van der Waals surface area contributed by atoms with Gasteiger partial charge in [-0.15, -0.1) is 11.8 Å². The molecule has 1 aromatic heterocycles. The lowest BCUT2D eigenvalue weighted by molar-refractivity contribution is -0.140. The third-order valence-electron chi connectivity index (χ3n) is 5.25. The molecule has 30 heavy (non-hydrogen) atoms. The fourth-order valence-corrected chi connectivity index (χ4v) is 4.16. The van der Waals surface area contributed by atoms with Gasteiger partial charge in [0.2, 0.25) is 11.8 Å². The van der Waals surface area contributed by atoms with E-state index in [4.69, 9.17) is 4.74 Å². The highest BCUT2D eigenvalue weighted by atomic mass is 32.2. The van der Waals surface area contributed by atoms with E-state index >= 15 is 0 Å². The minimum atomic E-state index is -0.0112. The van der Waals surface area contributed by atoms with E-state index < -0.39 is 0 Å². The normalized spacial score (nSPS) is 13.3. The van der Waals surface area contributed by atoms with E-state index in [1.807, 2.05) is 65.2 Å². The Kier molecular flexibility index (Phi) is 8.39. The van der Waals surface area contributed by atoms with E-state index in [1.165, 1.54) is 11.8 Å². The van der Waals surface area contributed by atoms with Crippen LogP contribution in [0.4, 0.5) is 0 Å². The third kappa shape index (κ3) is 6.64. The molecule has 3 rings (SSSR count). The largest absolute Gasteiger partial charge is 0.385 e. The molecular formula is C23H31N3O3S. The van der Waals surface area contributed by atoms with Gasteiger partial charge in [0.25, 0.3) is 0 Å². The highest BCUT2D eigenvalue weighted by Crippen LogP contribution is 2.28. The fraction of sp³-hybridized carbons (Fsp3) is 0.478. The standard InChI is InChI=1S/C23H31N3O3S/c1-24-13-6-8-20(24)16-26(19-11-12-19)22(27)17-25(14-7-15-29-2)23(28)18-30-21-9-4-3-5-10-21/h3-6,8-10,13,19H,7,11-12,14-18H2,1-2H3. The van der Waals surface area contributed by atoms with Crippen molar-refractivity contribution in [3.63, 3.8) is 0 Å². The number of hydrogen-bond acceptors (Lipinski definition) is 4. The Bertz CT molecular complexity index is 820. The molecular weight excluding hydrogens is 398 g/mol. The van der Waals surface area contributed by atoms with E-state index in [1.54, 1.807) is 12.0 Å². The topological polar surface area (TPSA) is 54.8 Å². The lowest BCUT2D eigenvalue weighted by atomic mass is 10.3. The molecule has 2 amide bonds. The summed E-state index contributed by atoms with van der Waals surface area (Å²) in [6, 6.07) is 14.2. The van der Waals surface area contributed by atoms with Gasteiger partial charge in [0.1, 0.15) is 0 Å². The van der Waals surface area contributed by atoms with Gasteiger partial charge >= 0.3 is 0 Å². The molecule has 1 heterocycles. The molecule has 6 nitrogen and oxygen atoms in total. The molecule has 1 fully saturated rings. The number of thioether (sulfide) groups is 1. The van der Waals surface area contributed by atoms with Crippen LogP contribution in [0.5, 0.6) is 0 Å². The summed E-state index contributed by atoms with van der Waals surface area (Å²) in [7, 11) is 3.64. The van der Waals surface area contributed by atoms with Crippen molar-refractivity contribution in [2.75, 3.05) is 32.6 Å². The summed E-state index contributed by atoms with van der Waals surface area (Å²) < 4.78 is 7.19. The third-order valence-corrected chi connectivity index (χ3v) is 6.25. The van der Waals surface area contributed by atoms with Crippen molar-refractivity contribution in [1.82, 2.24) is 14.4 Å². The second-order valence-corrected chi connectivity index (χ2v) is 8.68. The Morgan fingerprint density at radius 3 is 2.53 bits per heavy atom. The molecule has 0 saturated heterocycles. The smallest absolute Gasteiger partial charge is 0.242 e. The van der Waals surface area contributed by atoms with E-state index in [9.17, 15) is 9.59 Å². The average Bonchev–Trinajstić information content (AvgIpc) is 3.52. The summed E-state index contributed by atoms with van der Waals surface area (Å²) in [5, 5.41) is 0. The lowest BCUT2D eigenvalue weighted by Gasteiger charge is -2.28. The van der Waals surface area contributed by atoms with Crippen LogP contribution < -0.4 is 0 Å². The summed E-state index contributed by atoms with van der Waals surface area (Å²) >= 11 is 1.51. The van der Waals surface area contributed by atoms with Crippen molar-refractivity contribution < 1.29 is 14.3 Å². The number of carbonyl (C=O) groups excluding carboxylic acids is 2. The van der Waals surface area contributed by atoms with Crippen molar-refractivity contribution in [2.24, 2.45) is 7.05 Å². The van der Waals surface area contributed by atoms with Crippen LogP contribution in [0.2, 0.25) is 0 Å². The second-order valence-electron chi connectivity index (χ2n) is 7.63. The monoisotopic (exact) mass is 429 g/mol. The zero-order chi connectivity index (χ0) is 21.3. The van der Waals surface area contributed by atoms with Crippen LogP contribution in [0.25, 0.3) is 0 Å². The molecule has 0 unspecified atom stereocenters.